The number of hydrogen-bond donors (Lipinski definition) is 3. The van der Waals surface area contributed by atoms with Crippen molar-refractivity contribution in [1.82, 2.24) is 0 Å². The van der Waals surface area contributed by atoms with Crippen LogP contribution in [0, 0.1) is 13.8 Å². The summed E-state index contributed by atoms with van der Waals surface area (Å²) in [5.74, 6) is 0. The summed E-state index contributed by atoms with van der Waals surface area (Å²) in [6.45, 7) is 10.3. The van der Waals surface area contributed by atoms with Crippen molar-refractivity contribution in [3.63, 3.8) is 0 Å². The van der Waals surface area contributed by atoms with Gasteiger partial charge in [0, 0.05) is 36.6 Å². The summed E-state index contributed by atoms with van der Waals surface area (Å²) in [7, 11) is 6.40. The molecule has 0 aliphatic carbocycles. The van der Waals surface area contributed by atoms with Crippen molar-refractivity contribution in [2.24, 2.45) is 0 Å². The van der Waals surface area contributed by atoms with E-state index >= 15 is 0 Å². The first-order valence-corrected chi connectivity index (χ1v) is 10.0. The fraction of sp³-hybridized carbons (Fsp3) is 0.333. The Morgan fingerprint density at radius 2 is 1.30 bits per heavy atom. The standard InChI is InChI=1S/C18H23ClN3S/c1-5-20-13-9-17-15(7-11(13)3)22-16-8-12(4)14(21-6-2)10-18(16)23(17)19/h7-10,20-22H,5-6H2,1-4H3/q+1. The van der Waals surface area contributed by atoms with E-state index in [0.717, 1.165) is 45.6 Å². The zero-order valence-electron chi connectivity index (χ0n) is 14.0. The Bertz CT molecular complexity index is 684. The Hall–Kier alpha value is -1.52. The molecule has 23 heavy (non-hydrogen) atoms. The fourth-order valence-electron chi connectivity index (χ4n) is 2.89. The third-order valence-electron chi connectivity index (χ3n) is 4.04. The highest BCUT2D eigenvalue weighted by atomic mass is 35.7. The van der Waals surface area contributed by atoms with Crippen LogP contribution >= 0.6 is 10.7 Å². The first-order chi connectivity index (χ1) is 11.0. The van der Waals surface area contributed by atoms with Crippen molar-refractivity contribution in [2.75, 3.05) is 29.0 Å². The van der Waals surface area contributed by atoms with E-state index in [1.54, 1.807) is 0 Å². The molecule has 0 amide bonds. The summed E-state index contributed by atoms with van der Waals surface area (Å²) in [4.78, 5) is 2.32. The molecule has 0 fully saturated rings. The van der Waals surface area contributed by atoms with Crippen molar-refractivity contribution in [3.05, 3.63) is 35.4 Å². The largest absolute Gasteiger partial charge is 0.385 e. The molecule has 0 spiro atoms. The van der Waals surface area contributed by atoms with Gasteiger partial charge in [-0.15, -0.1) is 0 Å². The Balaban J connectivity index is 2.07. The SMILES string of the molecule is CCNc1cc2c(cc1C)Nc1cc(C)c(NCC)cc1[S+]2Cl. The van der Waals surface area contributed by atoms with Gasteiger partial charge in [-0.2, -0.15) is 0 Å². The van der Waals surface area contributed by atoms with Gasteiger partial charge in [0.15, 0.2) is 20.8 Å². The van der Waals surface area contributed by atoms with Crippen LogP contribution in [0.4, 0.5) is 22.7 Å². The summed E-state index contributed by atoms with van der Waals surface area (Å²) >= 11 is 0. The summed E-state index contributed by atoms with van der Waals surface area (Å²) in [6, 6.07) is 8.75. The third kappa shape index (κ3) is 2.98. The molecule has 1 aliphatic heterocycles. The van der Waals surface area contributed by atoms with E-state index in [4.69, 9.17) is 10.7 Å². The minimum absolute atomic E-state index is 0.455. The molecule has 1 heterocycles. The average Bonchev–Trinajstić information content (AvgIpc) is 2.51. The van der Waals surface area contributed by atoms with Gasteiger partial charge < -0.3 is 16.0 Å². The van der Waals surface area contributed by atoms with Crippen LogP contribution in [0.25, 0.3) is 0 Å². The summed E-state index contributed by atoms with van der Waals surface area (Å²) in [6.07, 6.45) is 0. The van der Waals surface area contributed by atoms with Crippen LogP contribution in [0.1, 0.15) is 25.0 Å². The highest BCUT2D eigenvalue weighted by Crippen LogP contribution is 2.46. The lowest BCUT2D eigenvalue weighted by Gasteiger charge is -2.21. The van der Waals surface area contributed by atoms with Crippen molar-refractivity contribution in [1.29, 1.82) is 0 Å². The van der Waals surface area contributed by atoms with E-state index in [1.807, 2.05) is 0 Å². The smallest absolute Gasteiger partial charge is 0.206 e. The van der Waals surface area contributed by atoms with Gasteiger partial charge in [0.2, 0.25) is 9.79 Å². The molecular formula is C18H23ClN3S+. The molecule has 0 saturated heterocycles. The zero-order chi connectivity index (χ0) is 16.6. The van der Waals surface area contributed by atoms with Gasteiger partial charge in [-0.25, -0.2) is 0 Å². The van der Waals surface area contributed by atoms with Crippen LogP contribution in [-0.4, -0.2) is 13.1 Å². The van der Waals surface area contributed by atoms with E-state index in [-0.39, 0.29) is 0 Å². The molecule has 0 aromatic heterocycles. The van der Waals surface area contributed by atoms with Gasteiger partial charge >= 0.3 is 0 Å². The maximum atomic E-state index is 6.86. The molecule has 3 nitrogen and oxygen atoms in total. The second-order valence-corrected chi connectivity index (χ2v) is 8.09. The van der Waals surface area contributed by atoms with Crippen LogP contribution in [0.2, 0.25) is 0 Å². The quantitative estimate of drug-likeness (QED) is 0.646. The molecule has 2 aromatic rings. The first kappa shape index (κ1) is 16.3. The Labute approximate surface area is 145 Å². The van der Waals surface area contributed by atoms with Crippen LogP contribution in [0.3, 0.4) is 0 Å². The Morgan fingerprint density at radius 3 is 1.70 bits per heavy atom. The molecule has 122 valence electrons. The monoisotopic (exact) mass is 348 g/mol. The zero-order valence-corrected chi connectivity index (χ0v) is 15.6. The average molecular weight is 349 g/mol. The molecule has 0 atom stereocenters. The molecule has 1 aliphatic rings. The summed E-state index contributed by atoms with van der Waals surface area (Å²) < 4.78 is 0. The number of nitrogens with one attached hydrogen (secondary N) is 3. The molecule has 0 radical (unpaired) electrons. The molecular weight excluding hydrogens is 326 g/mol. The van der Waals surface area contributed by atoms with Crippen LogP contribution in [0.15, 0.2) is 34.1 Å². The summed E-state index contributed by atoms with van der Waals surface area (Å²) in [5.41, 5.74) is 7.02. The van der Waals surface area contributed by atoms with Crippen molar-refractivity contribution in [2.45, 2.75) is 37.5 Å². The third-order valence-corrected chi connectivity index (χ3v) is 6.49. The predicted molar refractivity (Wildman–Crippen MR) is 104 cm³/mol. The molecule has 5 heteroatoms. The van der Waals surface area contributed by atoms with Crippen LogP contribution < -0.4 is 16.0 Å². The van der Waals surface area contributed by atoms with Gasteiger partial charge in [-0.05, 0) is 51.0 Å². The number of fused-ring (bicyclic) bond motifs is 2. The van der Waals surface area contributed by atoms with Crippen molar-refractivity contribution < 1.29 is 0 Å². The van der Waals surface area contributed by atoms with E-state index in [9.17, 15) is 0 Å². The van der Waals surface area contributed by atoms with E-state index < -0.39 is 10.1 Å². The topological polar surface area (TPSA) is 36.1 Å². The van der Waals surface area contributed by atoms with E-state index in [0.29, 0.717) is 0 Å². The minimum atomic E-state index is -0.455. The highest BCUT2D eigenvalue weighted by Gasteiger charge is 2.36. The Morgan fingerprint density at radius 1 is 0.870 bits per heavy atom. The van der Waals surface area contributed by atoms with Gasteiger partial charge in [-0.1, -0.05) is 0 Å². The molecule has 3 N–H and O–H groups in total. The van der Waals surface area contributed by atoms with Gasteiger partial charge in [0.1, 0.15) is 0 Å². The maximum Gasteiger partial charge on any atom is 0.206 e. The minimum Gasteiger partial charge on any atom is -0.385 e. The van der Waals surface area contributed by atoms with E-state index in [2.05, 4.69) is 67.9 Å². The molecule has 0 saturated carbocycles. The molecule has 2 aromatic carbocycles. The van der Waals surface area contributed by atoms with Crippen LogP contribution in [-0.2, 0) is 10.1 Å². The van der Waals surface area contributed by atoms with Crippen molar-refractivity contribution >= 4 is 43.5 Å². The van der Waals surface area contributed by atoms with Gasteiger partial charge in [0.25, 0.3) is 0 Å². The highest BCUT2D eigenvalue weighted by molar-refractivity contribution is 8.18. The number of hydrogen-bond acceptors (Lipinski definition) is 3. The number of aryl methyl sites for hydroxylation is 2. The lowest BCUT2D eigenvalue weighted by molar-refractivity contribution is 1.17. The first-order valence-electron chi connectivity index (χ1n) is 7.99. The second kappa shape index (κ2) is 6.54. The Kier molecular flexibility index (Phi) is 4.64. The predicted octanol–water partition coefficient (Wildman–Crippen LogP) is 5.41. The van der Waals surface area contributed by atoms with Gasteiger partial charge in [0.05, 0.1) is 11.4 Å². The molecule has 3 rings (SSSR count). The number of benzene rings is 2. The number of rotatable bonds is 4. The van der Waals surface area contributed by atoms with Crippen molar-refractivity contribution in [3.8, 4) is 0 Å². The van der Waals surface area contributed by atoms with Gasteiger partial charge in [-0.3, -0.25) is 0 Å². The van der Waals surface area contributed by atoms with E-state index in [1.165, 1.54) is 11.1 Å². The van der Waals surface area contributed by atoms with Crippen LogP contribution in [0.5, 0.6) is 0 Å². The maximum absolute atomic E-state index is 6.86. The number of halogens is 1. The lowest BCUT2D eigenvalue weighted by atomic mass is 10.1. The molecule has 0 unspecified atom stereocenters. The fourth-order valence-corrected chi connectivity index (χ4v) is 4.95. The lowest BCUT2D eigenvalue weighted by Crippen LogP contribution is -2.13. The summed E-state index contributed by atoms with van der Waals surface area (Å²) in [5, 5.41) is 10.4. The normalized spacial score (nSPS) is 13.1. The number of anilines is 4. The second-order valence-electron chi connectivity index (χ2n) is 5.77. The molecule has 0 bridgehead atoms.